The molecule has 2 rings (SSSR count). The zero-order chi connectivity index (χ0) is 17.5. The molecule has 0 spiro atoms. The molecule has 0 aliphatic heterocycles. The zero-order valence-corrected chi connectivity index (χ0v) is 14.8. The minimum absolute atomic E-state index is 0.0388. The third-order valence-corrected chi connectivity index (χ3v) is 3.70. The predicted molar refractivity (Wildman–Crippen MR) is 97.0 cm³/mol. The second-order valence-electron chi connectivity index (χ2n) is 5.95. The van der Waals surface area contributed by atoms with E-state index in [2.05, 4.69) is 25.2 Å². The Bertz CT molecular complexity index is 695. The molecule has 0 aliphatic rings. The van der Waals surface area contributed by atoms with Crippen LogP contribution in [0.15, 0.2) is 42.5 Å². The molecule has 0 saturated carbocycles. The Kier molecular flexibility index (Phi) is 6.24. The summed E-state index contributed by atoms with van der Waals surface area (Å²) in [6.45, 7) is 8.65. The second kappa shape index (κ2) is 8.39. The molecule has 128 valence electrons. The maximum atomic E-state index is 12.2. The van der Waals surface area contributed by atoms with Crippen molar-refractivity contribution in [2.75, 3.05) is 18.5 Å². The van der Waals surface area contributed by atoms with E-state index in [0.29, 0.717) is 24.0 Å². The normalized spacial score (nSPS) is 10.5. The molecule has 24 heavy (non-hydrogen) atoms. The van der Waals surface area contributed by atoms with Crippen molar-refractivity contribution >= 4 is 11.6 Å². The van der Waals surface area contributed by atoms with Gasteiger partial charge < -0.3 is 14.8 Å². The maximum absolute atomic E-state index is 12.2. The lowest BCUT2D eigenvalue weighted by molar-refractivity contribution is -0.118. The molecule has 0 atom stereocenters. The van der Waals surface area contributed by atoms with Crippen LogP contribution in [0.25, 0.3) is 0 Å². The van der Waals surface area contributed by atoms with Gasteiger partial charge in [0.1, 0.15) is 11.5 Å². The smallest absolute Gasteiger partial charge is 0.262 e. The molecule has 2 aromatic carbocycles. The van der Waals surface area contributed by atoms with Crippen LogP contribution in [0, 0.1) is 6.92 Å². The SMILES string of the molecule is CCOc1ccccc1NC(=O)COc1cc(C(C)C)ccc1C. The first-order chi connectivity index (χ1) is 11.5. The van der Waals surface area contributed by atoms with Crippen LogP contribution in [0.2, 0.25) is 0 Å². The van der Waals surface area contributed by atoms with Gasteiger partial charge in [-0.05, 0) is 49.1 Å². The first-order valence-electron chi connectivity index (χ1n) is 8.26. The highest BCUT2D eigenvalue weighted by Crippen LogP contribution is 2.25. The van der Waals surface area contributed by atoms with Crippen molar-refractivity contribution in [1.82, 2.24) is 0 Å². The number of benzene rings is 2. The standard InChI is InChI=1S/C20H25NO3/c1-5-23-18-9-7-6-8-17(18)21-20(22)13-24-19-12-16(14(2)3)11-10-15(19)4/h6-12,14H,5,13H2,1-4H3,(H,21,22). The van der Waals surface area contributed by atoms with E-state index in [9.17, 15) is 4.79 Å². The average Bonchev–Trinajstić information content (AvgIpc) is 2.56. The third-order valence-electron chi connectivity index (χ3n) is 3.70. The van der Waals surface area contributed by atoms with Gasteiger partial charge in [0.2, 0.25) is 0 Å². The number of hydrogen-bond donors (Lipinski definition) is 1. The second-order valence-corrected chi connectivity index (χ2v) is 5.95. The topological polar surface area (TPSA) is 47.6 Å². The highest BCUT2D eigenvalue weighted by Gasteiger charge is 2.10. The molecule has 0 bridgehead atoms. The van der Waals surface area contributed by atoms with Gasteiger partial charge in [-0.2, -0.15) is 0 Å². The summed E-state index contributed by atoms with van der Waals surface area (Å²) >= 11 is 0. The molecule has 1 amide bonds. The number of amides is 1. The summed E-state index contributed by atoms with van der Waals surface area (Å²) in [6.07, 6.45) is 0. The van der Waals surface area contributed by atoms with Gasteiger partial charge in [-0.25, -0.2) is 0 Å². The van der Waals surface area contributed by atoms with Crippen molar-refractivity contribution in [3.8, 4) is 11.5 Å². The number of para-hydroxylation sites is 2. The molecule has 0 radical (unpaired) electrons. The molecule has 0 aliphatic carbocycles. The number of ether oxygens (including phenoxy) is 2. The molecule has 4 heteroatoms. The van der Waals surface area contributed by atoms with Gasteiger partial charge in [0.15, 0.2) is 6.61 Å². The monoisotopic (exact) mass is 327 g/mol. The molecular weight excluding hydrogens is 302 g/mol. The Balaban J connectivity index is 2.00. The lowest BCUT2D eigenvalue weighted by Gasteiger charge is -2.14. The van der Waals surface area contributed by atoms with Crippen molar-refractivity contribution < 1.29 is 14.3 Å². The maximum Gasteiger partial charge on any atom is 0.262 e. The third kappa shape index (κ3) is 4.75. The molecule has 1 N–H and O–H groups in total. The minimum atomic E-state index is -0.212. The van der Waals surface area contributed by atoms with Crippen molar-refractivity contribution in [2.24, 2.45) is 0 Å². The van der Waals surface area contributed by atoms with Gasteiger partial charge in [0.05, 0.1) is 12.3 Å². The van der Waals surface area contributed by atoms with Crippen LogP contribution in [-0.4, -0.2) is 19.1 Å². The average molecular weight is 327 g/mol. The van der Waals surface area contributed by atoms with Crippen LogP contribution in [0.5, 0.6) is 11.5 Å². The Hall–Kier alpha value is -2.49. The highest BCUT2D eigenvalue weighted by molar-refractivity contribution is 5.93. The van der Waals surface area contributed by atoms with Crippen LogP contribution in [-0.2, 0) is 4.79 Å². The Morgan fingerprint density at radius 3 is 2.54 bits per heavy atom. The number of carbonyl (C=O) groups is 1. The number of rotatable bonds is 7. The van der Waals surface area contributed by atoms with E-state index in [0.717, 1.165) is 11.3 Å². The molecule has 0 heterocycles. The summed E-state index contributed by atoms with van der Waals surface area (Å²) < 4.78 is 11.2. The lowest BCUT2D eigenvalue weighted by atomic mass is 10.0. The molecule has 0 aromatic heterocycles. The fraction of sp³-hybridized carbons (Fsp3) is 0.350. The summed E-state index contributed by atoms with van der Waals surface area (Å²) in [5.74, 6) is 1.61. The van der Waals surface area contributed by atoms with Gasteiger partial charge in [-0.15, -0.1) is 0 Å². The fourth-order valence-corrected chi connectivity index (χ4v) is 2.31. The molecule has 0 fully saturated rings. The fourth-order valence-electron chi connectivity index (χ4n) is 2.31. The van der Waals surface area contributed by atoms with Crippen molar-refractivity contribution in [3.05, 3.63) is 53.6 Å². The number of aryl methyl sites for hydroxylation is 1. The van der Waals surface area contributed by atoms with Crippen molar-refractivity contribution in [1.29, 1.82) is 0 Å². The van der Waals surface area contributed by atoms with Gasteiger partial charge in [0.25, 0.3) is 5.91 Å². The molecule has 2 aromatic rings. The summed E-state index contributed by atoms with van der Waals surface area (Å²) in [5.41, 5.74) is 2.86. The van der Waals surface area contributed by atoms with Crippen molar-refractivity contribution in [3.63, 3.8) is 0 Å². The van der Waals surface area contributed by atoms with Crippen LogP contribution in [0.1, 0.15) is 37.8 Å². The Labute approximate surface area is 143 Å². The molecular formula is C20H25NO3. The van der Waals surface area contributed by atoms with Crippen LogP contribution < -0.4 is 14.8 Å². The number of carbonyl (C=O) groups excluding carboxylic acids is 1. The number of anilines is 1. The molecule has 4 nitrogen and oxygen atoms in total. The summed E-state index contributed by atoms with van der Waals surface area (Å²) in [6, 6.07) is 13.5. The van der Waals surface area contributed by atoms with Gasteiger partial charge in [-0.3, -0.25) is 4.79 Å². The van der Waals surface area contributed by atoms with E-state index >= 15 is 0 Å². The van der Waals surface area contributed by atoms with E-state index in [1.165, 1.54) is 5.56 Å². The summed E-state index contributed by atoms with van der Waals surface area (Å²) in [5, 5.41) is 2.83. The number of hydrogen-bond acceptors (Lipinski definition) is 3. The first-order valence-corrected chi connectivity index (χ1v) is 8.26. The van der Waals surface area contributed by atoms with Crippen LogP contribution in [0.3, 0.4) is 0 Å². The van der Waals surface area contributed by atoms with Gasteiger partial charge in [-0.1, -0.05) is 38.1 Å². The van der Waals surface area contributed by atoms with Gasteiger partial charge in [0, 0.05) is 0 Å². The Morgan fingerprint density at radius 1 is 1.08 bits per heavy atom. The largest absolute Gasteiger partial charge is 0.492 e. The predicted octanol–water partition coefficient (Wildman–Crippen LogP) is 4.53. The van der Waals surface area contributed by atoms with E-state index in [1.807, 2.05) is 50.2 Å². The van der Waals surface area contributed by atoms with Crippen LogP contribution in [0.4, 0.5) is 5.69 Å². The van der Waals surface area contributed by atoms with E-state index in [1.54, 1.807) is 0 Å². The Morgan fingerprint density at radius 2 is 1.83 bits per heavy atom. The minimum Gasteiger partial charge on any atom is -0.492 e. The van der Waals surface area contributed by atoms with E-state index in [4.69, 9.17) is 9.47 Å². The van der Waals surface area contributed by atoms with Crippen LogP contribution >= 0.6 is 0 Å². The highest BCUT2D eigenvalue weighted by atomic mass is 16.5. The van der Waals surface area contributed by atoms with E-state index in [-0.39, 0.29) is 12.5 Å². The molecule has 0 unspecified atom stereocenters. The summed E-state index contributed by atoms with van der Waals surface area (Å²) in [4.78, 5) is 12.2. The molecule has 0 saturated heterocycles. The zero-order valence-electron chi connectivity index (χ0n) is 14.8. The quantitative estimate of drug-likeness (QED) is 0.812. The summed E-state index contributed by atoms with van der Waals surface area (Å²) in [7, 11) is 0. The van der Waals surface area contributed by atoms with Crippen molar-refractivity contribution in [2.45, 2.75) is 33.6 Å². The number of nitrogens with one attached hydrogen (secondary N) is 1. The first kappa shape index (κ1) is 17.9. The lowest BCUT2D eigenvalue weighted by Crippen LogP contribution is -2.21. The van der Waals surface area contributed by atoms with E-state index < -0.39 is 0 Å². The van der Waals surface area contributed by atoms with Gasteiger partial charge >= 0.3 is 0 Å².